The van der Waals surface area contributed by atoms with Gasteiger partial charge < -0.3 is 0 Å². The number of hydrogen-bond donors (Lipinski definition) is 0. The maximum absolute atomic E-state index is 12.1. The molecule has 0 amide bonds. The molecular weight excluding hydrogens is 264 g/mol. The van der Waals surface area contributed by atoms with Crippen LogP contribution in [0, 0.1) is 5.92 Å². The zero-order valence-corrected chi connectivity index (χ0v) is 12.7. The van der Waals surface area contributed by atoms with Gasteiger partial charge in [-0.25, -0.2) is 0 Å². The monoisotopic (exact) mass is 284 g/mol. The molecule has 0 aliphatic rings. The van der Waals surface area contributed by atoms with Crippen molar-refractivity contribution in [3.8, 4) is 0 Å². The quantitative estimate of drug-likeness (QED) is 0.605. The lowest BCUT2D eigenvalue weighted by Crippen LogP contribution is -2.08. The van der Waals surface area contributed by atoms with Crippen molar-refractivity contribution in [1.82, 2.24) is 9.78 Å². The molecule has 4 nitrogen and oxygen atoms in total. The molecule has 0 saturated carbocycles. The Kier molecular flexibility index (Phi) is 4.68. The van der Waals surface area contributed by atoms with Gasteiger partial charge in [-0.15, -0.1) is 0 Å². The van der Waals surface area contributed by atoms with Gasteiger partial charge in [0.15, 0.2) is 11.6 Å². The van der Waals surface area contributed by atoms with Crippen molar-refractivity contribution in [2.75, 3.05) is 0 Å². The number of rotatable bonds is 6. The molecule has 0 unspecified atom stereocenters. The van der Waals surface area contributed by atoms with E-state index in [2.05, 4.69) is 18.9 Å². The highest BCUT2D eigenvalue weighted by Crippen LogP contribution is 2.12. The number of nitrogens with zero attached hydrogens (tertiary/aromatic N) is 2. The Morgan fingerprint density at radius 2 is 1.71 bits per heavy atom. The van der Waals surface area contributed by atoms with E-state index in [1.165, 1.54) is 11.8 Å². The second kappa shape index (κ2) is 6.48. The lowest BCUT2D eigenvalue weighted by Gasteiger charge is -2.06. The molecule has 2 aromatic rings. The summed E-state index contributed by atoms with van der Waals surface area (Å²) >= 11 is 0. The third kappa shape index (κ3) is 4.12. The lowest BCUT2D eigenvalue weighted by atomic mass is 9.99. The van der Waals surface area contributed by atoms with Gasteiger partial charge >= 0.3 is 0 Å². The normalized spacial score (nSPS) is 10.9. The van der Waals surface area contributed by atoms with Gasteiger partial charge in [0, 0.05) is 18.8 Å². The van der Waals surface area contributed by atoms with Crippen molar-refractivity contribution in [3.05, 3.63) is 53.3 Å². The molecule has 0 spiro atoms. The fourth-order valence-electron chi connectivity index (χ4n) is 2.21. The Morgan fingerprint density at radius 1 is 1.10 bits per heavy atom. The van der Waals surface area contributed by atoms with E-state index in [-0.39, 0.29) is 18.0 Å². The third-order valence-electron chi connectivity index (χ3n) is 3.27. The predicted molar refractivity (Wildman–Crippen MR) is 81.5 cm³/mol. The van der Waals surface area contributed by atoms with Crippen LogP contribution >= 0.6 is 0 Å². The number of carbonyl (C=O) groups is 2. The summed E-state index contributed by atoms with van der Waals surface area (Å²) in [6, 6.07) is 7.52. The number of benzene rings is 1. The summed E-state index contributed by atoms with van der Waals surface area (Å²) in [5.41, 5.74) is 2.27. The molecular formula is C17H20N2O2. The molecule has 0 radical (unpaired) electrons. The fourth-order valence-corrected chi connectivity index (χ4v) is 2.21. The average molecular weight is 284 g/mol. The summed E-state index contributed by atoms with van der Waals surface area (Å²) in [6.45, 7) is 4.32. The van der Waals surface area contributed by atoms with Crippen LogP contribution in [0.3, 0.4) is 0 Å². The molecule has 21 heavy (non-hydrogen) atoms. The van der Waals surface area contributed by atoms with Gasteiger partial charge in [0.2, 0.25) is 0 Å². The standard InChI is InChI=1S/C17H20N2O2/c1-12(2)8-13-4-6-14(7-5-13)16(20)9-17(21)15-10-18-19(3)11-15/h4-7,10-12H,8-9H2,1-3H3. The first kappa shape index (κ1) is 15.2. The zero-order chi connectivity index (χ0) is 15.4. The summed E-state index contributed by atoms with van der Waals surface area (Å²) < 4.78 is 1.55. The number of Topliss-reactive ketones (excluding diaryl/α,β-unsaturated/α-hetero) is 2. The van der Waals surface area contributed by atoms with Crippen molar-refractivity contribution in [1.29, 1.82) is 0 Å². The molecule has 0 N–H and O–H groups in total. The minimum absolute atomic E-state index is 0.116. The molecule has 110 valence electrons. The van der Waals surface area contributed by atoms with Gasteiger partial charge in [0.1, 0.15) is 0 Å². The second-order valence-corrected chi connectivity index (χ2v) is 5.72. The van der Waals surface area contributed by atoms with Crippen LogP contribution in [-0.2, 0) is 13.5 Å². The van der Waals surface area contributed by atoms with E-state index in [0.29, 0.717) is 17.0 Å². The molecule has 0 aliphatic carbocycles. The summed E-state index contributed by atoms with van der Waals surface area (Å²) in [4.78, 5) is 24.1. The van der Waals surface area contributed by atoms with Gasteiger partial charge in [-0.1, -0.05) is 38.1 Å². The molecule has 1 aromatic heterocycles. The van der Waals surface area contributed by atoms with E-state index in [9.17, 15) is 9.59 Å². The molecule has 1 heterocycles. The van der Waals surface area contributed by atoms with Crippen LogP contribution in [0.2, 0.25) is 0 Å². The topological polar surface area (TPSA) is 52.0 Å². The number of aryl methyl sites for hydroxylation is 1. The molecule has 0 saturated heterocycles. The Hall–Kier alpha value is -2.23. The smallest absolute Gasteiger partial charge is 0.173 e. The number of hydrogen-bond acceptors (Lipinski definition) is 3. The van der Waals surface area contributed by atoms with E-state index in [1.807, 2.05) is 12.1 Å². The Bertz CT molecular complexity index is 639. The Balaban J connectivity index is 2.01. The highest BCUT2D eigenvalue weighted by Gasteiger charge is 2.15. The maximum atomic E-state index is 12.1. The highest BCUT2D eigenvalue weighted by atomic mass is 16.1. The van der Waals surface area contributed by atoms with Crippen molar-refractivity contribution < 1.29 is 9.59 Å². The Morgan fingerprint density at radius 3 is 2.24 bits per heavy atom. The van der Waals surface area contributed by atoms with E-state index >= 15 is 0 Å². The van der Waals surface area contributed by atoms with Crippen LogP contribution in [0.4, 0.5) is 0 Å². The molecule has 0 bridgehead atoms. The zero-order valence-electron chi connectivity index (χ0n) is 12.7. The first-order chi connectivity index (χ1) is 9.95. The summed E-state index contributed by atoms with van der Waals surface area (Å²) in [7, 11) is 1.74. The molecule has 1 aromatic carbocycles. The minimum atomic E-state index is -0.195. The van der Waals surface area contributed by atoms with Crippen LogP contribution in [-0.4, -0.2) is 21.3 Å². The lowest BCUT2D eigenvalue weighted by molar-refractivity contribution is 0.0894. The van der Waals surface area contributed by atoms with Gasteiger partial charge in [-0.2, -0.15) is 5.10 Å². The van der Waals surface area contributed by atoms with Crippen LogP contribution < -0.4 is 0 Å². The highest BCUT2D eigenvalue weighted by molar-refractivity contribution is 6.13. The van der Waals surface area contributed by atoms with Crippen LogP contribution in [0.5, 0.6) is 0 Å². The summed E-state index contributed by atoms with van der Waals surface area (Å²) in [6.07, 6.45) is 3.99. The molecule has 2 rings (SSSR count). The van der Waals surface area contributed by atoms with Crippen molar-refractivity contribution in [2.24, 2.45) is 13.0 Å². The average Bonchev–Trinajstić information content (AvgIpc) is 2.85. The summed E-state index contributed by atoms with van der Waals surface area (Å²) in [5.74, 6) is 0.234. The first-order valence-corrected chi connectivity index (χ1v) is 7.09. The fraction of sp³-hybridized carbons (Fsp3) is 0.353. The molecule has 0 atom stereocenters. The number of ketones is 2. The van der Waals surface area contributed by atoms with Gasteiger partial charge in [0.25, 0.3) is 0 Å². The van der Waals surface area contributed by atoms with Crippen molar-refractivity contribution in [2.45, 2.75) is 26.7 Å². The van der Waals surface area contributed by atoms with Gasteiger partial charge in [-0.3, -0.25) is 14.3 Å². The van der Waals surface area contributed by atoms with Gasteiger partial charge in [0.05, 0.1) is 18.2 Å². The Labute approximate surface area is 124 Å². The number of carbonyl (C=O) groups excluding carboxylic acids is 2. The van der Waals surface area contributed by atoms with Crippen LogP contribution in [0.15, 0.2) is 36.7 Å². The summed E-state index contributed by atoms with van der Waals surface area (Å²) in [5, 5.41) is 3.94. The second-order valence-electron chi connectivity index (χ2n) is 5.72. The van der Waals surface area contributed by atoms with E-state index < -0.39 is 0 Å². The van der Waals surface area contributed by atoms with Crippen LogP contribution in [0.1, 0.15) is 46.5 Å². The molecule has 4 heteroatoms. The SMILES string of the molecule is CC(C)Cc1ccc(C(=O)CC(=O)c2cnn(C)c2)cc1. The van der Waals surface area contributed by atoms with E-state index in [0.717, 1.165) is 6.42 Å². The predicted octanol–water partition coefficient (Wildman–Crippen LogP) is 3.07. The van der Waals surface area contributed by atoms with Gasteiger partial charge in [-0.05, 0) is 17.9 Å². The van der Waals surface area contributed by atoms with Crippen molar-refractivity contribution >= 4 is 11.6 Å². The number of aromatic nitrogens is 2. The van der Waals surface area contributed by atoms with E-state index in [4.69, 9.17) is 0 Å². The first-order valence-electron chi connectivity index (χ1n) is 7.09. The van der Waals surface area contributed by atoms with Crippen molar-refractivity contribution in [3.63, 3.8) is 0 Å². The molecule has 0 fully saturated rings. The third-order valence-corrected chi connectivity index (χ3v) is 3.27. The minimum Gasteiger partial charge on any atom is -0.294 e. The maximum Gasteiger partial charge on any atom is 0.173 e. The van der Waals surface area contributed by atoms with Crippen LogP contribution in [0.25, 0.3) is 0 Å². The van der Waals surface area contributed by atoms with E-state index in [1.54, 1.807) is 30.1 Å². The molecule has 0 aliphatic heterocycles. The largest absolute Gasteiger partial charge is 0.294 e.